The van der Waals surface area contributed by atoms with Gasteiger partial charge in [0.25, 0.3) is 0 Å². The average Bonchev–Trinajstić information content (AvgIpc) is 3.67. The van der Waals surface area contributed by atoms with E-state index in [-0.39, 0.29) is 0 Å². The van der Waals surface area contributed by atoms with E-state index in [1.807, 2.05) is 48.5 Å². The predicted octanol–water partition coefficient (Wildman–Crippen LogP) is 11.0. The van der Waals surface area contributed by atoms with Crippen LogP contribution in [0.5, 0.6) is 0 Å². The molecule has 4 heteroatoms. The molecule has 222 valence electrons. The number of aromatic nitrogens is 2. The minimum absolute atomic E-state index is 0.541. The van der Waals surface area contributed by atoms with Crippen molar-refractivity contribution in [1.82, 2.24) is 9.13 Å². The van der Waals surface area contributed by atoms with Crippen LogP contribution >= 0.6 is 0 Å². The second-order valence-electron chi connectivity index (χ2n) is 12.0. The van der Waals surface area contributed by atoms with Gasteiger partial charge in [0, 0.05) is 43.9 Å². The van der Waals surface area contributed by atoms with Crippen LogP contribution in [0.15, 0.2) is 158 Å². The van der Waals surface area contributed by atoms with Crippen LogP contribution < -0.4 is 0 Å². The van der Waals surface area contributed by atoms with Crippen LogP contribution in [0.25, 0.3) is 77.2 Å². The molecule has 0 bridgehead atoms. The van der Waals surface area contributed by atoms with Gasteiger partial charge in [0.2, 0.25) is 0 Å². The van der Waals surface area contributed by atoms with E-state index >= 15 is 0 Å². The summed E-state index contributed by atoms with van der Waals surface area (Å²) in [5, 5.41) is 25.4. The molecule has 0 amide bonds. The first-order chi connectivity index (χ1) is 23.7. The van der Waals surface area contributed by atoms with Gasteiger partial charge in [-0.1, -0.05) is 103 Å². The summed E-state index contributed by atoms with van der Waals surface area (Å²) in [6.45, 7) is 0. The smallest absolute Gasteiger partial charge is 0.100 e. The summed E-state index contributed by atoms with van der Waals surface area (Å²) >= 11 is 0. The fraction of sp³-hybridized carbons (Fsp3) is 0. The number of rotatable bonds is 4. The van der Waals surface area contributed by atoms with Crippen LogP contribution in [-0.2, 0) is 0 Å². The van der Waals surface area contributed by atoms with E-state index in [0.29, 0.717) is 11.1 Å². The molecule has 0 N–H and O–H groups in total. The van der Waals surface area contributed by atoms with Gasteiger partial charge in [-0.25, -0.2) is 0 Å². The van der Waals surface area contributed by atoms with E-state index in [9.17, 15) is 10.5 Å². The summed E-state index contributed by atoms with van der Waals surface area (Å²) in [4.78, 5) is 0. The predicted molar refractivity (Wildman–Crippen MR) is 195 cm³/mol. The Morgan fingerprint density at radius 1 is 0.396 bits per heavy atom. The lowest BCUT2D eigenvalue weighted by Gasteiger charge is -2.17. The van der Waals surface area contributed by atoms with E-state index in [1.54, 1.807) is 0 Å². The Morgan fingerprint density at radius 2 is 0.896 bits per heavy atom. The van der Waals surface area contributed by atoms with Gasteiger partial charge in [-0.2, -0.15) is 10.5 Å². The van der Waals surface area contributed by atoms with Crippen LogP contribution in [0, 0.1) is 22.7 Å². The Labute approximate surface area is 277 Å². The molecule has 48 heavy (non-hydrogen) atoms. The summed E-state index contributed by atoms with van der Waals surface area (Å²) in [6.07, 6.45) is 0. The van der Waals surface area contributed by atoms with Gasteiger partial charge in [0.15, 0.2) is 0 Å². The molecule has 0 atom stereocenters. The zero-order valence-corrected chi connectivity index (χ0v) is 25.8. The van der Waals surface area contributed by atoms with E-state index in [0.717, 1.165) is 66.5 Å². The van der Waals surface area contributed by atoms with Crippen molar-refractivity contribution in [1.29, 1.82) is 10.5 Å². The zero-order valence-electron chi connectivity index (χ0n) is 25.8. The van der Waals surface area contributed by atoms with Crippen LogP contribution in [0.3, 0.4) is 0 Å². The van der Waals surface area contributed by atoms with Gasteiger partial charge in [-0.3, -0.25) is 0 Å². The first kappa shape index (κ1) is 27.4. The third kappa shape index (κ3) is 4.07. The molecule has 0 saturated carbocycles. The lowest BCUT2D eigenvalue weighted by Crippen LogP contribution is -2.00. The van der Waals surface area contributed by atoms with Crippen molar-refractivity contribution >= 4 is 43.6 Å². The molecule has 0 aliphatic rings. The minimum Gasteiger partial charge on any atom is -0.309 e. The van der Waals surface area contributed by atoms with Crippen molar-refractivity contribution in [3.63, 3.8) is 0 Å². The molecule has 0 aliphatic heterocycles. The third-order valence-electron chi connectivity index (χ3n) is 9.43. The highest BCUT2D eigenvalue weighted by Gasteiger charge is 2.20. The number of hydrogen-bond acceptors (Lipinski definition) is 2. The maximum Gasteiger partial charge on any atom is 0.100 e. The van der Waals surface area contributed by atoms with Crippen molar-refractivity contribution in [3.8, 4) is 45.8 Å². The van der Waals surface area contributed by atoms with E-state index in [2.05, 4.69) is 130 Å². The molecular weight excluding hydrogens is 585 g/mol. The van der Waals surface area contributed by atoms with Crippen molar-refractivity contribution in [3.05, 3.63) is 169 Å². The minimum atomic E-state index is 0.541. The highest BCUT2D eigenvalue weighted by atomic mass is 15.0. The van der Waals surface area contributed by atoms with E-state index in [1.165, 1.54) is 10.8 Å². The topological polar surface area (TPSA) is 57.4 Å². The Morgan fingerprint density at radius 3 is 1.42 bits per heavy atom. The average molecular weight is 611 g/mol. The summed E-state index contributed by atoms with van der Waals surface area (Å²) in [5.74, 6) is 0. The molecule has 0 saturated heterocycles. The van der Waals surface area contributed by atoms with Crippen molar-refractivity contribution in [2.75, 3.05) is 0 Å². The molecule has 9 rings (SSSR count). The molecule has 2 aromatic heterocycles. The van der Waals surface area contributed by atoms with Crippen LogP contribution in [0.4, 0.5) is 0 Å². The molecule has 2 heterocycles. The van der Waals surface area contributed by atoms with Gasteiger partial charge in [0.05, 0.1) is 45.0 Å². The fourth-order valence-corrected chi connectivity index (χ4v) is 7.33. The first-order valence-electron chi connectivity index (χ1n) is 15.9. The second kappa shape index (κ2) is 10.9. The molecule has 4 nitrogen and oxygen atoms in total. The summed E-state index contributed by atoms with van der Waals surface area (Å²) in [6, 6.07) is 58.8. The van der Waals surface area contributed by atoms with Gasteiger partial charge in [0.1, 0.15) is 6.07 Å². The molecule has 7 aromatic carbocycles. The summed E-state index contributed by atoms with van der Waals surface area (Å²) in [7, 11) is 0. The number of benzene rings is 7. The molecule has 0 spiro atoms. The Kier molecular flexibility index (Phi) is 6.22. The van der Waals surface area contributed by atoms with Gasteiger partial charge < -0.3 is 9.13 Å². The third-order valence-corrected chi connectivity index (χ3v) is 9.43. The monoisotopic (exact) mass is 610 g/mol. The van der Waals surface area contributed by atoms with E-state index < -0.39 is 0 Å². The van der Waals surface area contributed by atoms with Gasteiger partial charge in [-0.05, 0) is 60.2 Å². The van der Waals surface area contributed by atoms with Gasteiger partial charge in [-0.15, -0.1) is 0 Å². The summed E-state index contributed by atoms with van der Waals surface area (Å²) in [5.41, 5.74) is 11.0. The Hall–Kier alpha value is -6.88. The van der Waals surface area contributed by atoms with Crippen molar-refractivity contribution in [2.24, 2.45) is 0 Å². The molecule has 0 radical (unpaired) electrons. The second-order valence-corrected chi connectivity index (χ2v) is 12.0. The quantitative estimate of drug-likeness (QED) is 0.199. The number of para-hydroxylation sites is 4. The SMILES string of the molecule is N#Cc1ccc(-n2c3ccccc3c3ccccc32)c(-c2cccc(-c3ccc(-n4c5ccccc5c5ccccc54)cc3)c2C#N)c1. The van der Waals surface area contributed by atoms with Crippen LogP contribution in [-0.4, -0.2) is 9.13 Å². The van der Waals surface area contributed by atoms with Gasteiger partial charge >= 0.3 is 0 Å². The highest BCUT2D eigenvalue weighted by Crippen LogP contribution is 2.40. The van der Waals surface area contributed by atoms with Crippen LogP contribution in [0.1, 0.15) is 11.1 Å². The fourth-order valence-electron chi connectivity index (χ4n) is 7.33. The molecule has 0 fully saturated rings. The first-order valence-corrected chi connectivity index (χ1v) is 15.9. The van der Waals surface area contributed by atoms with Crippen molar-refractivity contribution < 1.29 is 0 Å². The number of nitriles is 2. The molecule has 9 aromatic rings. The Bertz CT molecular complexity index is 2690. The summed E-state index contributed by atoms with van der Waals surface area (Å²) < 4.78 is 4.54. The van der Waals surface area contributed by atoms with Crippen LogP contribution in [0.2, 0.25) is 0 Å². The maximum atomic E-state index is 10.7. The largest absolute Gasteiger partial charge is 0.309 e. The lowest BCUT2D eigenvalue weighted by molar-refractivity contribution is 1.18. The maximum absolute atomic E-state index is 10.7. The highest BCUT2D eigenvalue weighted by molar-refractivity contribution is 6.10. The van der Waals surface area contributed by atoms with Crippen molar-refractivity contribution in [2.45, 2.75) is 0 Å². The standard InChI is InChI=1S/C44H26N4/c45-27-29-20-25-44(48-42-18-7-3-12-36(42)37-13-4-8-19-43(37)48)38(26-29)33-15-9-14-32(39(33)28-46)30-21-23-31(24-22-30)47-40-16-5-1-10-34(40)35-11-2-6-17-41(35)47/h1-26H. The Balaban J connectivity index is 1.22. The molecule has 0 unspecified atom stereocenters. The van der Waals surface area contributed by atoms with E-state index in [4.69, 9.17) is 0 Å². The molecule has 0 aliphatic carbocycles. The normalized spacial score (nSPS) is 11.3. The zero-order chi connectivity index (χ0) is 32.2. The number of fused-ring (bicyclic) bond motifs is 6. The molecular formula is C44H26N4. The number of hydrogen-bond donors (Lipinski definition) is 0. The lowest BCUT2D eigenvalue weighted by atomic mass is 9.91. The number of nitrogens with zero attached hydrogens (tertiary/aromatic N) is 4.